The lowest BCUT2D eigenvalue weighted by molar-refractivity contribution is 0.811. The van der Waals surface area contributed by atoms with E-state index in [4.69, 9.17) is 11.6 Å². The minimum absolute atomic E-state index is 0.509. The van der Waals surface area contributed by atoms with Gasteiger partial charge in [0, 0.05) is 26.1 Å². The fraction of sp³-hybridized carbons (Fsp3) is 0.375. The van der Waals surface area contributed by atoms with Gasteiger partial charge < -0.3 is 4.90 Å². The van der Waals surface area contributed by atoms with Gasteiger partial charge in [0.2, 0.25) is 0 Å². The van der Waals surface area contributed by atoms with E-state index in [2.05, 4.69) is 53.0 Å². The van der Waals surface area contributed by atoms with Crippen LogP contribution in [0.25, 0.3) is 0 Å². The van der Waals surface area contributed by atoms with Crippen LogP contribution in [0.4, 0.5) is 5.82 Å². The Bertz CT molecular complexity index is 584. The number of hydrogen-bond acceptors (Lipinski definition) is 3. The summed E-state index contributed by atoms with van der Waals surface area (Å²) in [4.78, 5) is 10.9. The average Bonchev–Trinajstić information content (AvgIpc) is 2.41. The van der Waals surface area contributed by atoms with E-state index >= 15 is 0 Å². The first-order valence-electron chi connectivity index (χ1n) is 6.89. The Balaban J connectivity index is 2.20. The number of anilines is 1. The predicted molar refractivity (Wildman–Crippen MR) is 84.3 cm³/mol. The maximum Gasteiger partial charge on any atom is 0.134 e. The molecule has 1 aromatic heterocycles. The maximum atomic E-state index is 6.09. The van der Waals surface area contributed by atoms with Crippen LogP contribution in [-0.4, -0.2) is 17.0 Å². The number of nitrogens with zero attached hydrogens (tertiary/aromatic N) is 3. The highest BCUT2D eigenvalue weighted by atomic mass is 35.5. The van der Waals surface area contributed by atoms with Crippen LogP contribution in [0, 0.1) is 6.92 Å². The highest BCUT2D eigenvalue weighted by Crippen LogP contribution is 2.19. The third kappa shape index (κ3) is 3.70. The van der Waals surface area contributed by atoms with Crippen molar-refractivity contribution < 1.29 is 0 Å². The molecule has 106 valence electrons. The normalized spacial score (nSPS) is 10.6. The average molecular weight is 290 g/mol. The zero-order valence-electron chi connectivity index (χ0n) is 12.2. The van der Waals surface area contributed by atoms with Crippen molar-refractivity contribution in [1.82, 2.24) is 9.97 Å². The molecule has 4 heteroatoms. The van der Waals surface area contributed by atoms with E-state index in [1.54, 1.807) is 0 Å². The highest BCUT2D eigenvalue weighted by Gasteiger charge is 2.09. The number of rotatable bonds is 5. The van der Waals surface area contributed by atoms with Crippen LogP contribution >= 0.6 is 11.6 Å². The van der Waals surface area contributed by atoms with Crippen LogP contribution in [0.5, 0.6) is 0 Å². The van der Waals surface area contributed by atoms with Crippen LogP contribution in [0.3, 0.4) is 0 Å². The van der Waals surface area contributed by atoms with Gasteiger partial charge in [-0.3, -0.25) is 0 Å². The molecular weight excluding hydrogens is 270 g/mol. The zero-order chi connectivity index (χ0) is 14.5. The van der Waals surface area contributed by atoms with Gasteiger partial charge in [-0.15, -0.1) is 0 Å². The molecule has 2 rings (SSSR count). The Morgan fingerprint density at radius 1 is 1.20 bits per heavy atom. The Morgan fingerprint density at radius 3 is 2.65 bits per heavy atom. The molecular formula is C16H20ClN3. The lowest BCUT2D eigenvalue weighted by Crippen LogP contribution is -2.19. The highest BCUT2D eigenvalue weighted by molar-refractivity contribution is 6.29. The first-order chi connectivity index (χ1) is 9.60. The molecule has 0 unspecified atom stereocenters. The molecule has 0 spiro atoms. The van der Waals surface area contributed by atoms with E-state index in [-0.39, 0.29) is 0 Å². The van der Waals surface area contributed by atoms with E-state index in [1.165, 1.54) is 11.1 Å². The van der Waals surface area contributed by atoms with Gasteiger partial charge in [-0.1, -0.05) is 42.8 Å². The summed E-state index contributed by atoms with van der Waals surface area (Å²) in [6, 6.07) is 10.2. The molecule has 0 aliphatic rings. The molecule has 1 heterocycles. The predicted octanol–water partition coefficient (Wildman–Crippen LogP) is 4.03. The summed E-state index contributed by atoms with van der Waals surface area (Å²) >= 11 is 6.09. The van der Waals surface area contributed by atoms with Crippen molar-refractivity contribution in [1.29, 1.82) is 0 Å². The second-order valence-corrected chi connectivity index (χ2v) is 5.38. The van der Waals surface area contributed by atoms with Gasteiger partial charge in [-0.2, -0.15) is 0 Å². The monoisotopic (exact) mass is 289 g/mol. The molecule has 0 aliphatic heterocycles. The molecule has 0 fully saturated rings. The molecule has 0 atom stereocenters. The quantitative estimate of drug-likeness (QED) is 0.778. The lowest BCUT2D eigenvalue weighted by Gasteiger charge is -2.20. The van der Waals surface area contributed by atoms with Crippen LogP contribution in [0.2, 0.25) is 5.15 Å². The van der Waals surface area contributed by atoms with E-state index in [0.717, 1.165) is 31.0 Å². The van der Waals surface area contributed by atoms with Crippen molar-refractivity contribution >= 4 is 17.4 Å². The molecule has 20 heavy (non-hydrogen) atoms. The van der Waals surface area contributed by atoms with Gasteiger partial charge >= 0.3 is 0 Å². The Morgan fingerprint density at radius 2 is 1.95 bits per heavy atom. The number of benzene rings is 1. The lowest BCUT2D eigenvalue weighted by atomic mass is 10.1. The Labute approximate surface area is 125 Å². The van der Waals surface area contributed by atoms with Crippen molar-refractivity contribution in [3.05, 3.63) is 52.4 Å². The van der Waals surface area contributed by atoms with Crippen LogP contribution in [-0.2, 0) is 13.0 Å². The van der Waals surface area contributed by atoms with Gasteiger partial charge in [0.15, 0.2) is 0 Å². The SMILES string of the molecule is CCCc1nc(Cl)cc(N(C)Cc2ccccc2C)n1. The topological polar surface area (TPSA) is 29.0 Å². The minimum Gasteiger partial charge on any atom is -0.355 e. The molecule has 0 aliphatic carbocycles. The van der Waals surface area contributed by atoms with Crippen LogP contribution in [0.15, 0.2) is 30.3 Å². The second kappa shape index (κ2) is 6.71. The largest absolute Gasteiger partial charge is 0.355 e. The van der Waals surface area contributed by atoms with E-state index in [9.17, 15) is 0 Å². The maximum absolute atomic E-state index is 6.09. The van der Waals surface area contributed by atoms with Crippen LogP contribution in [0.1, 0.15) is 30.3 Å². The number of aromatic nitrogens is 2. The smallest absolute Gasteiger partial charge is 0.134 e. The summed E-state index contributed by atoms with van der Waals surface area (Å²) in [6.07, 6.45) is 1.87. The summed E-state index contributed by atoms with van der Waals surface area (Å²) < 4.78 is 0. The molecule has 3 nitrogen and oxygen atoms in total. The van der Waals surface area contributed by atoms with E-state index in [1.807, 2.05) is 13.1 Å². The van der Waals surface area contributed by atoms with Gasteiger partial charge in [0.25, 0.3) is 0 Å². The number of halogens is 1. The zero-order valence-corrected chi connectivity index (χ0v) is 13.0. The summed E-state index contributed by atoms with van der Waals surface area (Å²) in [6.45, 7) is 5.05. The third-order valence-corrected chi connectivity index (χ3v) is 3.45. The third-order valence-electron chi connectivity index (χ3n) is 3.26. The van der Waals surface area contributed by atoms with E-state index < -0.39 is 0 Å². The molecule has 2 aromatic rings. The van der Waals surface area contributed by atoms with Gasteiger partial charge in [0.05, 0.1) is 0 Å². The fourth-order valence-corrected chi connectivity index (χ4v) is 2.30. The number of aryl methyl sites for hydroxylation is 2. The van der Waals surface area contributed by atoms with Crippen molar-refractivity contribution in [2.24, 2.45) is 0 Å². The summed E-state index contributed by atoms with van der Waals surface area (Å²) in [7, 11) is 2.03. The first-order valence-corrected chi connectivity index (χ1v) is 7.27. The standard InChI is InChI=1S/C16H20ClN3/c1-4-7-15-18-14(17)10-16(19-15)20(3)11-13-9-6-5-8-12(13)2/h5-6,8-10H,4,7,11H2,1-3H3. The van der Waals surface area contributed by atoms with Gasteiger partial charge in [0.1, 0.15) is 16.8 Å². The summed E-state index contributed by atoms with van der Waals surface area (Å²) in [5.74, 6) is 1.68. The molecule has 0 radical (unpaired) electrons. The fourth-order valence-electron chi connectivity index (χ4n) is 2.11. The van der Waals surface area contributed by atoms with Gasteiger partial charge in [-0.25, -0.2) is 9.97 Å². The van der Waals surface area contributed by atoms with Crippen molar-refractivity contribution in [2.45, 2.75) is 33.2 Å². The molecule has 0 N–H and O–H groups in total. The van der Waals surface area contributed by atoms with Crippen molar-refractivity contribution in [3.63, 3.8) is 0 Å². The van der Waals surface area contributed by atoms with Crippen molar-refractivity contribution in [3.8, 4) is 0 Å². The molecule has 0 saturated heterocycles. The second-order valence-electron chi connectivity index (χ2n) is 5.00. The molecule has 1 aromatic carbocycles. The molecule has 0 saturated carbocycles. The van der Waals surface area contributed by atoms with Gasteiger partial charge in [-0.05, 0) is 24.5 Å². The Kier molecular flexibility index (Phi) is 4.96. The number of hydrogen-bond donors (Lipinski definition) is 0. The van der Waals surface area contributed by atoms with Crippen molar-refractivity contribution in [2.75, 3.05) is 11.9 Å². The first kappa shape index (κ1) is 14.8. The molecule has 0 amide bonds. The summed E-state index contributed by atoms with van der Waals surface area (Å²) in [5.41, 5.74) is 2.58. The Hall–Kier alpha value is -1.61. The minimum atomic E-state index is 0.509. The molecule has 0 bridgehead atoms. The van der Waals surface area contributed by atoms with E-state index in [0.29, 0.717) is 5.15 Å². The summed E-state index contributed by atoms with van der Waals surface area (Å²) in [5, 5.41) is 0.509. The van der Waals surface area contributed by atoms with Crippen LogP contribution < -0.4 is 4.90 Å².